The minimum atomic E-state index is -4.95. The van der Waals surface area contributed by atoms with Crippen LogP contribution in [0.5, 0.6) is 0 Å². The van der Waals surface area contributed by atoms with Crippen molar-refractivity contribution >= 4 is 39.6 Å². The van der Waals surface area contributed by atoms with Crippen LogP contribution in [0.2, 0.25) is 5.02 Å². The molecule has 0 aromatic heterocycles. The Morgan fingerprint density at radius 2 is 1.92 bits per heavy atom. The lowest BCUT2D eigenvalue weighted by Crippen LogP contribution is -2.55. The summed E-state index contributed by atoms with van der Waals surface area (Å²) in [6.07, 6.45) is 3.12. The molecule has 3 amide bonds. The second-order valence-electron chi connectivity index (χ2n) is 10.9. The molecule has 39 heavy (non-hydrogen) atoms. The van der Waals surface area contributed by atoms with Crippen molar-refractivity contribution in [2.45, 2.75) is 88.3 Å². The first-order chi connectivity index (χ1) is 18.3. The number of alkyl carbamates (subject to hydrolysis) is 1. The number of benzene rings is 1. The smallest absolute Gasteiger partial charge is 0.408 e. The molecule has 1 aromatic rings. The van der Waals surface area contributed by atoms with Crippen LogP contribution < -0.4 is 16.0 Å². The van der Waals surface area contributed by atoms with Gasteiger partial charge in [0.25, 0.3) is 10.1 Å². The molecule has 5 N–H and O–H groups in total. The maximum Gasteiger partial charge on any atom is 0.408 e. The molecule has 1 saturated carbocycles. The average molecular weight is 588 g/mol. The van der Waals surface area contributed by atoms with E-state index >= 15 is 0 Å². The molecule has 1 aliphatic carbocycles. The van der Waals surface area contributed by atoms with Gasteiger partial charge in [-0.25, -0.2) is 4.79 Å². The highest BCUT2D eigenvalue weighted by Gasteiger charge is 2.40. The summed E-state index contributed by atoms with van der Waals surface area (Å²) in [5.74, 6) is -1.79. The Hall–Kier alpha value is -2.41. The fourth-order valence-electron chi connectivity index (χ4n) is 5.34. The van der Waals surface area contributed by atoms with Crippen molar-refractivity contribution in [1.82, 2.24) is 16.0 Å². The van der Waals surface area contributed by atoms with Gasteiger partial charge in [-0.1, -0.05) is 37.6 Å². The predicted molar refractivity (Wildman–Crippen MR) is 144 cm³/mol. The van der Waals surface area contributed by atoms with Crippen molar-refractivity contribution in [3.05, 3.63) is 34.9 Å². The van der Waals surface area contributed by atoms with E-state index in [1.165, 1.54) is 0 Å². The molecule has 1 saturated heterocycles. The van der Waals surface area contributed by atoms with E-state index in [4.69, 9.17) is 16.3 Å². The Morgan fingerprint density at radius 3 is 2.49 bits per heavy atom. The van der Waals surface area contributed by atoms with Gasteiger partial charge in [-0.2, -0.15) is 8.42 Å². The Morgan fingerprint density at radius 1 is 1.23 bits per heavy atom. The van der Waals surface area contributed by atoms with Crippen LogP contribution in [-0.4, -0.2) is 65.7 Å². The topological polar surface area (TPSA) is 171 Å². The monoisotopic (exact) mass is 587 g/mol. The van der Waals surface area contributed by atoms with Crippen molar-refractivity contribution in [2.75, 3.05) is 6.54 Å². The third-order valence-corrected chi connectivity index (χ3v) is 8.41. The van der Waals surface area contributed by atoms with Gasteiger partial charge in [-0.05, 0) is 68.6 Å². The molecule has 1 unspecified atom stereocenters. The van der Waals surface area contributed by atoms with Crippen LogP contribution in [0.1, 0.15) is 64.4 Å². The van der Waals surface area contributed by atoms with E-state index in [2.05, 4.69) is 16.0 Å². The highest BCUT2D eigenvalue weighted by atomic mass is 35.5. The largest absolute Gasteiger partial charge is 0.443 e. The van der Waals surface area contributed by atoms with Crippen LogP contribution in [0.4, 0.5) is 4.79 Å². The molecule has 13 heteroatoms. The number of amides is 3. The van der Waals surface area contributed by atoms with E-state index in [1.54, 1.807) is 6.07 Å². The second-order valence-corrected chi connectivity index (χ2v) is 12.9. The zero-order valence-electron chi connectivity index (χ0n) is 22.2. The van der Waals surface area contributed by atoms with Gasteiger partial charge >= 0.3 is 6.09 Å². The normalized spacial score (nSPS) is 21.2. The summed E-state index contributed by atoms with van der Waals surface area (Å²) in [5.41, 5.74) is -2.18. The third-order valence-electron chi connectivity index (χ3n) is 7.23. The summed E-state index contributed by atoms with van der Waals surface area (Å²) in [7, 11) is -4.95. The summed E-state index contributed by atoms with van der Waals surface area (Å²) in [5, 5.41) is 18.5. The molecule has 3 rings (SSSR count). The van der Waals surface area contributed by atoms with Crippen molar-refractivity contribution in [3.8, 4) is 0 Å². The lowest BCUT2D eigenvalue weighted by molar-refractivity contribution is -0.126. The first kappa shape index (κ1) is 31.1. The zero-order valence-corrected chi connectivity index (χ0v) is 23.8. The van der Waals surface area contributed by atoms with Crippen LogP contribution >= 0.6 is 11.6 Å². The SMILES string of the molecule is CC(C)C[C@H](NC(=O)OC1(Cc2cccc(Cl)c2)CCCC1)C(=O)N[C@@H](C[C@@H]1CCNC1=O)C(O)S(=O)(=O)O. The molecule has 2 aliphatic rings. The van der Waals surface area contributed by atoms with E-state index in [0.29, 0.717) is 37.3 Å². The number of aliphatic hydroxyl groups excluding tert-OH is 1. The first-order valence-corrected chi connectivity index (χ1v) is 15.1. The van der Waals surface area contributed by atoms with Crippen LogP contribution in [0, 0.1) is 11.8 Å². The Bertz CT molecular complexity index is 1140. The van der Waals surface area contributed by atoms with Crippen molar-refractivity contribution in [3.63, 3.8) is 0 Å². The van der Waals surface area contributed by atoms with Gasteiger partial charge < -0.3 is 25.8 Å². The average Bonchev–Trinajstić information content (AvgIpc) is 3.45. The van der Waals surface area contributed by atoms with Crippen LogP contribution in [0.25, 0.3) is 0 Å². The molecule has 2 fully saturated rings. The van der Waals surface area contributed by atoms with Gasteiger partial charge in [0.15, 0.2) is 0 Å². The molecule has 0 bridgehead atoms. The van der Waals surface area contributed by atoms with E-state index in [1.807, 2.05) is 32.0 Å². The van der Waals surface area contributed by atoms with Crippen molar-refractivity contribution < 1.29 is 37.2 Å². The standard InChI is InChI=1S/C26H38ClN3O8S/c1-16(2)12-20(23(32)29-21(24(33)39(35,36)37)14-18-8-11-28-22(18)31)30-25(34)38-26(9-3-4-10-26)15-17-6-5-7-19(27)13-17/h5-7,13,16,18,20-21,24,33H,3-4,8-12,14-15H2,1-2H3,(H,28,31)(H,29,32)(H,30,34)(H,35,36,37)/t18-,20-,21-,24?/m0/s1. The van der Waals surface area contributed by atoms with Crippen LogP contribution in [0.15, 0.2) is 24.3 Å². The van der Waals surface area contributed by atoms with E-state index < -0.39 is 51.2 Å². The summed E-state index contributed by atoms with van der Waals surface area (Å²) >= 11 is 6.13. The molecule has 1 aromatic carbocycles. The number of nitrogens with one attached hydrogen (secondary N) is 3. The highest BCUT2D eigenvalue weighted by Crippen LogP contribution is 2.37. The first-order valence-electron chi connectivity index (χ1n) is 13.2. The Balaban J connectivity index is 1.73. The zero-order chi connectivity index (χ0) is 28.8. The molecule has 1 aliphatic heterocycles. The number of carbonyl (C=O) groups is 3. The summed E-state index contributed by atoms with van der Waals surface area (Å²) in [6.45, 7) is 4.07. The van der Waals surface area contributed by atoms with Crippen molar-refractivity contribution in [2.24, 2.45) is 11.8 Å². The number of ether oxygens (including phenoxy) is 1. The number of hydrogen-bond acceptors (Lipinski definition) is 7. The number of aliphatic hydroxyl groups is 1. The summed E-state index contributed by atoms with van der Waals surface area (Å²) < 4.78 is 38.7. The van der Waals surface area contributed by atoms with E-state index in [0.717, 1.165) is 18.4 Å². The molecule has 1 heterocycles. The quantitative estimate of drug-likeness (QED) is 0.232. The summed E-state index contributed by atoms with van der Waals surface area (Å²) in [6, 6.07) is 4.74. The molecular formula is C26H38ClN3O8S. The lowest BCUT2D eigenvalue weighted by atomic mass is 9.92. The van der Waals surface area contributed by atoms with Gasteiger partial charge in [-0.3, -0.25) is 14.1 Å². The molecule has 11 nitrogen and oxygen atoms in total. The van der Waals surface area contributed by atoms with Gasteiger partial charge in [0.2, 0.25) is 17.3 Å². The van der Waals surface area contributed by atoms with Gasteiger partial charge in [0.1, 0.15) is 11.6 Å². The van der Waals surface area contributed by atoms with E-state index in [9.17, 15) is 32.5 Å². The maximum atomic E-state index is 13.3. The minimum Gasteiger partial charge on any atom is -0.443 e. The Kier molecular flexibility index (Phi) is 10.6. The molecule has 0 radical (unpaired) electrons. The third kappa shape index (κ3) is 9.06. The molecule has 0 spiro atoms. The van der Waals surface area contributed by atoms with Crippen LogP contribution in [-0.2, 0) is 30.9 Å². The maximum absolute atomic E-state index is 13.3. The molecule has 218 valence electrons. The Labute approximate surface area is 234 Å². The molecular weight excluding hydrogens is 550 g/mol. The van der Waals surface area contributed by atoms with Gasteiger partial charge in [-0.15, -0.1) is 0 Å². The van der Waals surface area contributed by atoms with E-state index in [-0.39, 0.29) is 24.7 Å². The minimum absolute atomic E-state index is 0.0430. The van der Waals surface area contributed by atoms with Crippen LogP contribution in [0.3, 0.4) is 0 Å². The number of halogens is 1. The highest BCUT2D eigenvalue weighted by molar-refractivity contribution is 7.86. The second kappa shape index (κ2) is 13.3. The molecule has 4 atom stereocenters. The fraction of sp³-hybridized carbons (Fsp3) is 0.654. The van der Waals surface area contributed by atoms with Gasteiger partial charge in [0.05, 0.1) is 6.04 Å². The summed E-state index contributed by atoms with van der Waals surface area (Å²) in [4.78, 5) is 38.4. The predicted octanol–water partition coefficient (Wildman–Crippen LogP) is 2.55. The lowest BCUT2D eigenvalue weighted by Gasteiger charge is -2.31. The number of carbonyl (C=O) groups excluding carboxylic acids is 3. The number of hydrogen-bond donors (Lipinski definition) is 5. The fourth-order valence-corrected chi connectivity index (χ4v) is 6.15. The number of rotatable bonds is 12. The van der Waals surface area contributed by atoms with Crippen molar-refractivity contribution in [1.29, 1.82) is 0 Å². The van der Waals surface area contributed by atoms with Gasteiger partial charge in [0, 0.05) is 23.9 Å².